The molecule has 0 spiro atoms. The predicted octanol–water partition coefficient (Wildman–Crippen LogP) is 2.01. The van der Waals surface area contributed by atoms with Crippen LogP contribution in [-0.4, -0.2) is 53.5 Å². The Labute approximate surface area is 154 Å². The van der Waals surface area contributed by atoms with Gasteiger partial charge in [0, 0.05) is 0 Å². The number of furan rings is 1. The quantitative estimate of drug-likeness (QED) is 0.644. The van der Waals surface area contributed by atoms with E-state index < -0.39 is 5.91 Å². The van der Waals surface area contributed by atoms with Crippen LogP contribution in [0.1, 0.15) is 23.9 Å². The second-order valence-corrected chi connectivity index (χ2v) is 6.45. The van der Waals surface area contributed by atoms with E-state index in [1.54, 1.807) is 25.3 Å². The molecule has 4 rings (SSSR count). The average molecular weight is 373 g/mol. The number of aromatic amines is 1. The Hall–Kier alpha value is -3.14. The van der Waals surface area contributed by atoms with E-state index in [0.717, 1.165) is 6.42 Å². The number of H-pyrrole nitrogens is 1. The maximum absolute atomic E-state index is 12.7. The molecule has 142 valence electrons. The lowest BCUT2D eigenvalue weighted by molar-refractivity contribution is -0.133. The number of carbonyl (C=O) groups excluding carboxylic acids is 1. The Morgan fingerprint density at radius 1 is 1.41 bits per heavy atom. The molecule has 0 radical (unpaired) electrons. The molecular weight excluding hydrogens is 354 g/mol. The number of tetrazole rings is 1. The van der Waals surface area contributed by atoms with Gasteiger partial charge in [-0.3, -0.25) is 10.1 Å². The third kappa shape index (κ3) is 3.19. The molecule has 1 aromatic carbocycles. The van der Waals surface area contributed by atoms with Crippen LogP contribution in [0.15, 0.2) is 22.6 Å². The van der Waals surface area contributed by atoms with Gasteiger partial charge in [-0.15, -0.1) is 5.10 Å². The predicted molar refractivity (Wildman–Crippen MR) is 93.9 cm³/mol. The SMILES string of the molecule is CCC1(COc2c(C(=O)Nc3nn[nH]n3)oc3ccc(OC)cc23)COC1. The zero-order valence-corrected chi connectivity index (χ0v) is 14.9. The first-order chi connectivity index (χ1) is 13.1. The molecule has 0 unspecified atom stereocenters. The van der Waals surface area contributed by atoms with Gasteiger partial charge in [-0.25, -0.2) is 0 Å². The summed E-state index contributed by atoms with van der Waals surface area (Å²) in [5.74, 6) is 0.535. The number of hydrogen-bond donors (Lipinski definition) is 2. The lowest BCUT2D eigenvalue weighted by Gasteiger charge is -2.40. The van der Waals surface area contributed by atoms with Crippen LogP contribution in [0.25, 0.3) is 11.0 Å². The van der Waals surface area contributed by atoms with Crippen molar-refractivity contribution in [2.24, 2.45) is 5.41 Å². The molecular formula is C17H19N5O5. The summed E-state index contributed by atoms with van der Waals surface area (Å²) in [5.41, 5.74) is 0.462. The molecule has 1 aliphatic rings. The van der Waals surface area contributed by atoms with Gasteiger partial charge in [-0.05, 0) is 29.8 Å². The van der Waals surface area contributed by atoms with Gasteiger partial charge < -0.3 is 18.6 Å². The summed E-state index contributed by atoms with van der Waals surface area (Å²) in [5, 5.41) is 16.3. The minimum absolute atomic E-state index is 0.0366. The van der Waals surface area contributed by atoms with Gasteiger partial charge in [-0.1, -0.05) is 12.0 Å². The van der Waals surface area contributed by atoms with Crippen LogP contribution in [0.3, 0.4) is 0 Å². The number of fused-ring (bicyclic) bond motifs is 1. The summed E-state index contributed by atoms with van der Waals surface area (Å²) in [6.45, 7) is 3.77. The maximum atomic E-state index is 12.7. The molecule has 0 bridgehead atoms. The molecule has 0 atom stereocenters. The standard InChI is InChI=1S/C17H19N5O5/c1-3-17(7-25-8-17)9-26-13-11-6-10(24-2)4-5-12(11)27-14(13)15(23)18-16-19-21-22-20-16/h4-6H,3,7-9H2,1-2H3,(H2,18,19,20,21,22,23). The molecule has 0 saturated carbocycles. The van der Waals surface area contributed by atoms with E-state index in [1.807, 2.05) is 0 Å². The third-order valence-electron chi connectivity index (χ3n) is 4.72. The molecule has 1 saturated heterocycles. The number of nitrogens with zero attached hydrogens (tertiary/aromatic N) is 3. The lowest BCUT2D eigenvalue weighted by atomic mass is 9.84. The van der Waals surface area contributed by atoms with Gasteiger partial charge in [-0.2, -0.15) is 5.21 Å². The average Bonchev–Trinajstić information content (AvgIpc) is 3.28. The molecule has 2 aromatic heterocycles. The Balaban J connectivity index is 1.69. The summed E-state index contributed by atoms with van der Waals surface area (Å²) in [6, 6.07) is 5.26. The molecule has 1 aliphatic heterocycles. The number of anilines is 1. The number of methoxy groups -OCH3 is 1. The van der Waals surface area contributed by atoms with E-state index in [-0.39, 0.29) is 17.1 Å². The maximum Gasteiger partial charge on any atom is 0.297 e. The number of rotatable bonds is 7. The minimum atomic E-state index is -0.531. The van der Waals surface area contributed by atoms with Crippen molar-refractivity contribution in [1.29, 1.82) is 0 Å². The number of aromatic nitrogens is 4. The first-order valence-electron chi connectivity index (χ1n) is 8.50. The summed E-state index contributed by atoms with van der Waals surface area (Å²) in [6.07, 6.45) is 0.913. The fourth-order valence-corrected chi connectivity index (χ4v) is 2.85. The van der Waals surface area contributed by atoms with Gasteiger partial charge in [0.15, 0.2) is 5.75 Å². The molecule has 27 heavy (non-hydrogen) atoms. The third-order valence-corrected chi connectivity index (χ3v) is 4.72. The highest BCUT2D eigenvalue weighted by Crippen LogP contribution is 2.38. The van der Waals surface area contributed by atoms with Crippen molar-refractivity contribution in [1.82, 2.24) is 20.6 Å². The number of ether oxygens (including phenoxy) is 3. The molecule has 3 heterocycles. The first kappa shape index (κ1) is 17.3. The highest BCUT2D eigenvalue weighted by Gasteiger charge is 2.38. The second-order valence-electron chi connectivity index (χ2n) is 6.45. The van der Waals surface area contributed by atoms with Crippen molar-refractivity contribution < 1.29 is 23.4 Å². The highest BCUT2D eigenvalue weighted by molar-refractivity contribution is 6.07. The Kier molecular flexibility index (Phi) is 4.40. The first-order valence-corrected chi connectivity index (χ1v) is 8.50. The summed E-state index contributed by atoms with van der Waals surface area (Å²) >= 11 is 0. The van der Waals surface area contributed by atoms with Crippen molar-refractivity contribution in [2.45, 2.75) is 13.3 Å². The molecule has 10 heteroatoms. The number of hydrogen-bond acceptors (Lipinski definition) is 8. The smallest absolute Gasteiger partial charge is 0.297 e. The second kappa shape index (κ2) is 6.88. The number of benzene rings is 1. The van der Waals surface area contributed by atoms with Crippen molar-refractivity contribution in [3.8, 4) is 11.5 Å². The van der Waals surface area contributed by atoms with Gasteiger partial charge in [0.25, 0.3) is 11.9 Å². The number of nitrogens with one attached hydrogen (secondary N) is 2. The van der Waals surface area contributed by atoms with Crippen LogP contribution >= 0.6 is 0 Å². The van der Waals surface area contributed by atoms with E-state index in [4.69, 9.17) is 18.6 Å². The van der Waals surface area contributed by atoms with Crippen LogP contribution in [0.2, 0.25) is 0 Å². The van der Waals surface area contributed by atoms with E-state index >= 15 is 0 Å². The number of carbonyl (C=O) groups is 1. The van der Waals surface area contributed by atoms with Crippen molar-refractivity contribution in [3.05, 3.63) is 24.0 Å². The molecule has 1 fully saturated rings. The van der Waals surface area contributed by atoms with Crippen LogP contribution in [0, 0.1) is 5.41 Å². The highest BCUT2D eigenvalue weighted by atomic mass is 16.5. The zero-order valence-electron chi connectivity index (χ0n) is 14.9. The fraction of sp³-hybridized carbons (Fsp3) is 0.412. The monoisotopic (exact) mass is 373 g/mol. The van der Waals surface area contributed by atoms with Gasteiger partial charge in [0.1, 0.15) is 11.3 Å². The zero-order chi connectivity index (χ0) is 18.9. The summed E-state index contributed by atoms with van der Waals surface area (Å²) in [7, 11) is 1.57. The van der Waals surface area contributed by atoms with Crippen LogP contribution < -0.4 is 14.8 Å². The fourth-order valence-electron chi connectivity index (χ4n) is 2.85. The normalized spacial score (nSPS) is 15.3. The van der Waals surface area contributed by atoms with Crippen molar-refractivity contribution >= 4 is 22.8 Å². The number of amides is 1. The Morgan fingerprint density at radius 2 is 2.26 bits per heavy atom. The van der Waals surface area contributed by atoms with Crippen molar-refractivity contribution in [2.75, 3.05) is 32.2 Å². The van der Waals surface area contributed by atoms with E-state index in [9.17, 15) is 4.79 Å². The minimum Gasteiger partial charge on any atom is -0.497 e. The van der Waals surface area contributed by atoms with Crippen LogP contribution in [-0.2, 0) is 4.74 Å². The topological polar surface area (TPSA) is 124 Å². The molecule has 0 aliphatic carbocycles. The van der Waals surface area contributed by atoms with Gasteiger partial charge in [0.05, 0.1) is 37.7 Å². The Bertz CT molecular complexity index is 943. The van der Waals surface area contributed by atoms with Gasteiger partial charge >= 0.3 is 0 Å². The summed E-state index contributed by atoms with van der Waals surface area (Å²) < 4.78 is 22.4. The molecule has 1 amide bonds. The van der Waals surface area contributed by atoms with E-state index in [0.29, 0.717) is 42.3 Å². The largest absolute Gasteiger partial charge is 0.497 e. The summed E-state index contributed by atoms with van der Waals surface area (Å²) in [4.78, 5) is 12.7. The molecule has 10 nitrogen and oxygen atoms in total. The van der Waals surface area contributed by atoms with Crippen LogP contribution in [0.4, 0.5) is 5.95 Å². The van der Waals surface area contributed by atoms with Gasteiger partial charge in [0.2, 0.25) is 5.76 Å². The van der Waals surface area contributed by atoms with E-state index in [1.165, 1.54) is 0 Å². The molecule has 3 aromatic rings. The van der Waals surface area contributed by atoms with Crippen LogP contribution in [0.5, 0.6) is 11.5 Å². The Morgan fingerprint density at radius 3 is 2.89 bits per heavy atom. The van der Waals surface area contributed by atoms with E-state index in [2.05, 4.69) is 32.9 Å². The van der Waals surface area contributed by atoms with Crippen molar-refractivity contribution in [3.63, 3.8) is 0 Å². The lowest BCUT2D eigenvalue weighted by Crippen LogP contribution is -2.46. The molecule has 2 N–H and O–H groups in total.